The molecule has 0 aromatic heterocycles. The summed E-state index contributed by atoms with van der Waals surface area (Å²) in [6.45, 7) is 0.109. The predicted octanol–water partition coefficient (Wildman–Crippen LogP) is 3.25. The molecule has 68 valence electrons. The van der Waals surface area contributed by atoms with Crippen molar-refractivity contribution in [1.82, 2.24) is 0 Å². The molecule has 0 spiro atoms. The molecule has 0 unspecified atom stereocenters. The third-order valence-corrected chi connectivity index (χ3v) is 2.19. The molecule has 0 bridgehead atoms. The number of benzene rings is 1. The van der Waals surface area contributed by atoms with Crippen LogP contribution in [0.15, 0.2) is 16.6 Å². The molecule has 0 aliphatic carbocycles. The number of ether oxygens (including phenoxy) is 1. The Labute approximate surface area is 89.0 Å². The van der Waals surface area contributed by atoms with Crippen molar-refractivity contribution in [2.75, 3.05) is 6.61 Å². The summed E-state index contributed by atoms with van der Waals surface area (Å²) in [6, 6.07) is 2.60. The molecule has 0 saturated carbocycles. The van der Waals surface area contributed by atoms with E-state index >= 15 is 0 Å². The quantitative estimate of drug-likeness (QED) is 0.588. The minimum absolute atomic E-state index is 0.109. The van der Waals surface area contributed by atoms with Crippen LogP contribution >= 0.6 is 27.5 Å². The molecule has 0 atom stereocenters. The molecule has 0 aliphatic rings. The minimum Gasteiger partial charge on any atom is -0.479 e. The molecule has 1 aromatic carbocycles. The van der Waals surface area contributed by atoms with Crippen LogP contribution in [0.2, 0.25) is 5.02 Å². The van der Waals surface area contributed by atoms with Crippen molar-refractivity contribution in [1.29, 1.82) is 0 Å². The number of halogens is 3. The van der Waals surface area contributed by atoms with Crippen LogP contribution in [0.1, 0.15) is 0 Å². The normalized spacial score (nSPS) is 9.38. The maximum atomic E-state index is 12.9. The van der Waals surface area contributed by atoms with Gasteiger partial charge in [0.2, 0.25) is 0 Å². The molecule has 1 aromatic rings. The monoisotopic (exact) mass is 262 g/mol. The van der Waals surface area contributed by atoms with Crippen LogP contribution in [0, 0.1) is 18.2 Å². The summed E-state index contributed by atoms with van der Waals surface area (Å²) >= 11 is 8.69. The predicted molar refractivity (Wildman–Crippen MR) is 53.4 cm³/mol. The van der Waals surface area contributed by atoms with E-state index in [-0.39, 0.29) is 11.6 Å². The van der Waals surface area contributed by atoms with Crippen molar-refractivity contribution in [3.05, 3.63) is 27.4 Å². The Morgan fingerprint density at radius 2 is 2.31 bits per heavy atom. The zero-order chi connectivity index (χ0) is 9.84. The van der Waals surface area contributed by atoms with Crippen LogP contribution in [0.5, 0.6) is 5.75 Å². The summed E-state index contributed by atoms with van der Waals surface area (Å²) in [6.07, 6.45) is 4.99. The Kier molecular flexibility index (Phi) is 3.58. The van der Waals surface area contributed by atoms with Crippen LogP contribution in [0.25, 0.3) is 0 Å². The summed E-state index contributed by atoms with van der Waals surface area (Å²) in [5.74, 6) is 2.22. The number of hydrogen-bond donors (Lipinski definition) is 0. The molecule has 0 radical (unpaired) electrons. The molecule has 0 aliphatic heterocycles. The molecule has 1 rings (SSSR count). The first kappa shape index (κ1) is 10.4. The largest absolute Gasteiger partial charge is 0.479 e. The number of hydrogen-bond acceptors (Lipinski definition) is 1. The van der Waals surface area contributed by atoms with E-state index < -0.39 is 5.82 Å². The maximum Gasteiger partial charge on any atom is 0.148 e. The average Bonchev–Trinajstić information content (AvgIpc) is 2.09. The molecule has 4 heteroatoms. The van der Waals surface area contributed by atoms with Gasteiger partial charge < -0.3 is 4.74 Å². The van der Waals surface area contributed by atoms with Gasteiger partial charge in [0.25, 0.3) is 0 Å². The lowest BCUT2D eigenvalue weighted by Gasteiger charge is -2.05. The van der Waals surface area contributed by atoms with Gasteiger partial charge >= 0.3 is 0 Å². The van der Waals surface area contributed by atoms with E-state index in [0.29, 0.717) is 10.2 Å². The van der Waals surface area contributed by atoms with Crippen LogP contribution in [0.3, 0.4) is 0 Å². The SMILES string of the molecule is C#CCOc1cc(Br)c(F)cc1Cl. The van der Waals surface area contributed by atoms with Crippen LogP contribution < -0.4 is 4.74 Å². The van der Waals surface area contributed by atoms with Gasteiger partial charge in [-0.15, -0.1) is 6.42 Å². The van der Waals surface area contributed by atoms with E-state index in [0.717, 1.165) is 6.07 Å². The highest BCUT2D eigenvalue weighted by molar-refractivity contribution is 9.10. The van der Waals surface area contributed by atoms with Gasteiger partial charge in [0.1, 0.15) is 18.2 Å². The zero-order valence-corrected chi connectivity index (χ0v) is 8.82. The second-order valence-corrected chi connectivity index (χ2v) is 3.45. The lowest BCUT2D eigenvalue weighted by atomic mass is 10.3. The van der Waals surface area contributed by atoms with Crippen molar-refractivity contribution in [2.24, 2.45) is 0 Å². The Morgan fingerprint density at radius 3 is 2.92 bits per heavy atom. The van der Waals surface area contributed by atoms with Gasteiger partial charge in [-0.25, -0.2) is 4.39 Å². The fourth-order valence-electron chi connectivity index (χ4n) is 0.734. The molecule has 0 heterocycles. The van der Waals surface area contributed by atoms with Gasteiger partial charge in [-0.3, -0.25) is 0 Å². The Bertz CT molecular complexity index is 359. The van der Waals surface area contributed by atoms with E-state index in [2.05, 4.69) is 21.9 Å². The average molecular weight is 263 g/mol. The van der Waals surface area contributed by atoms with Crippen LogP contribution in [0.4, 0.5) is 4.39 Å². The van der Waals surface area contributed by atoms with E-state index in [1.54, 1.807) is 0 Å². The van der Waals surface area contributed by atoms with E-state index in [9.17, 15) is 4.39 Å². The maximum absolute atomic E-state index is 12.9. The second kappa shape index (κ2) is 4.50. The smallest absolute Gasteiger partial charge is 0.148 e. The second-order valence-electron chi connectivity index (χ2n) is 2.19. The summed E-state index contributed by atoms with van der Waals surface area (Å²) in [4.78, 5) is 0. The van der Waals surface area contributed by atoms with Crippen molar-refractivity contribution >= 4 is 27.5 Å². The van der Waals surface area contributed by atoms with E-state index in [4.69, 9.17) is 22.8 Å². The Morgan fingerprint density at radius 1 is 1.62 bits per heavy atom. The number of terminal acetylenes is 1. The highest BCUT2D eigenvalue weighted by Gasteiger charge is 2.06. The highest BCUT2D eigenvalue weighted by atomic mass is 79.9. The molecule has 0 saturated heterocycles. The van der Waals surface area contributed by atoms with Crippen molar-refractivity contribution in [3.8, 4) is 18.1 Å². The van der Waals surface area contributed by atoms with Gasteiger partial charge in [-0.2, -0.15) is 0 Å². The van der Waals surface area contributed by atoms with E-state index in [1.807, 2.05) is 0 Å². The van der Waals surface area contributed by atoms with Crippen molar-refractivity contribution in [3.63, 3.8) is 0 Å². The standard InChI is InChI=1S/C9H5BrClFO/c1-2-3-13-9-4-6(10)8(12)5-7(9)11/h1,4-5H,3H2. The summed E-state index contributed by atoms with van der Waals surface area (Å²) in [5, 5.41) is 0.205. The zero-order valence-electron chi connectivity index (χ0n) is 6.48. The Hall–Kier alpha value is -0.720. The fraction of sp³-hybridized carbons (Fsp3) is 0.111. The van der Waals surface area contributed by atoms with Crippen molar-refractivity contribution in [2.45, 2.75) is 0 Å². The lowest BCUT2D eigenvalue weighted by molar-refractivity contribution is 0.369. The van der Waals surface area contributed by atoms with Crippen LogP contribution in [-0.2, 0) is 0 Å². The Balaban J connectivity index is 2.96. The summed E-state index contributed by atoms with van der Waals surface area (Å²) in [5.41, 5.74) is 0. The van der Waals surface area contributed by atoms with Gasteiger partial charge in [0.15, 0.2) is 0 Å². The summed E-state index contributed by atoms with van der Waals surface area (Å²) in [7, 11) is 0. The third kappa shape index (κ3) is 2.61. The first-order chi connectivity index (χ1) is 6.15. The lowest BCUT2D eigenvalue weighted by Crippen LogP contribution is -1.94. The van der Waals surface area contributed by atoms with Gasteiger partial charge in [-0.05, 0) is 28.1 Å². The molecule has 0 N–H and O–H groups in total. The molecular formula is C9H5BrClFO. The molecule has 0 amide bonds. The topological polar surface area (TPSA) is 9.23 Å². The third-order valence-electron chi connectivity index (χ3n) is 1.29. The fourth-order valence-corrected chi connectivity index (χ4v) is 1.26. The van der Waals surface area contributed by atoms with Crippen molar-refractivity contribution < 1.29 is 9.13 Å². The highest BCUT2D eigenvalue weighted by Crippen LogP contribution is 2.30. The van der Waals surface area contributed by atoms with Gasteiger partial charge in [0, 0.05) is 0 Å². The first-order valence-corrected chi connectivity index (χ1v) is 4.53. The minimum atomic E-state index is -0.432. The molecule has 13 heavy (non-hydrogen) atoms. The summed E-state index contributed by atoms with van der Waals surface area (Å²) < 4.78 is 18.2. The van der Waals surface area contributed by atoms with E-state index in [1.165, 1.54) is 6.07 Å². The molecular weight excluding hydrogens is 258 g/mol. The molecule has 0 fully saturated rings. The number of rotatable bonds is 2. The van der Waals surface area contributed by atoms with Gasteiger partial charge in [-0.1, -0.05) is 17.5 Å². The van der Waals surface area contributed by atoms with Gasteiger partial charge in [0.05, 0.1) is 9.50 Å². The molecule has 1 nitrogen and oxygen atoms in total. The first-order valence-electron chi connectivity index (χ1n) is 3.36. The van der Waals surface area contributed by atoms with Crippen LogP contribution in [-0.4, -0.2) is 6.61 Å².